The highest BCUT2D eigenvalue weighted by atomic mass is 16.6. The van der Waals surface area contributed by atoms with Crippen LogP contribution >= 0.6 is 0 Å². The molecule has 1 aromatic carbocycles. The topological polar surface area (TPSA) is 156 Å². The molecule has 1 aliphatic heterocycles. The van der Waals surface area contributed by atoms with Gasteiger partial charge in [0, 0.05) is 17.8 Å². The van der Waals surface area contributed by atoms with Gasteiger partial charge in [0.05, 0.1) is 17.3 Å². The van der Waals surface area contributed by atoms with E-state index in [-0.39, 0.29) is 11.4 Å². The lowest BCUT2D eigenvalue weighted by Gasteiger charge is -2.41. The van der Waals surface area contributed by atoms with Crippen LogP contribution in [0.5, 0.6) is 0 Å². The molecule has 9 nitrogen and oxygen atoms in total. The number of nitroso groups, excluding NO2 is 1. The number of ether oxygens (including phenoxy) is 1. The maximum absolute atomic E-state index is 12.2. The summed E-state index contributed by atoms with van der Waals surface area (Å²) in [7, 11) is 0. The van der Waals surface area contributed by atoms with Gasteiger partial charge in [0.2, 0.25) is 0 Å². The molecule has 1 heterocycles. The van der Waals surface area contributed by atoms with Crippen molar-refractivity contribution in [2.75, 3.05) is 5.73 Å². The number of anilines is 1. The first-order chi connectivity index (χ1) is 14.4. The number of carbonyl (C=O) groups excluding carboxylic acids is 1. The summed E-state index contributed by atoms with van der Waals surface area (Å²) in [5.41, 5.74) is 12.9. The second-order valence-corrected chi connectivity index (χ2v) is 8.64. The van der Waals surface area contributed by atoms with E-state index in [4.69, 9.17) is 16.2 Å². The molecule has 166 valence electrons. The normalized spacial score (nSPS) is 22.5. The molecular formula is C22H30N6O3. The number of nitrogens with one attached hydrogen (secondary N) is 2. The zero-order chi connectivity index (χ0) is 23.4. The Morgan fingerprint density at radius 2 is 2.13 bits per heavy atom. The summed E-state index contributed by atoms with van der Waals surface area (Å²) >= 11 is 0. The van der Waals surface area contributed by atoms with Crippen molar-refractivity contribution >= 4 is 17.5 Å². The van der Waals surface area contributed by atoms with Crippen molar-refractivity contribution in [1.29, 1.82) is 5.26 Å². The average Bonchev–Trinajstić information content (AvgIpc) is 2.64. The molecule has 1 amide bonds. The van der Waals surface area contributed by atoms with Gasteiger partial charge in [-0.1, -0.05) is 25.5 Å². The van der Waals surface area contributed by atoms with Crippen molar-refractivity contribution in [3.8, 4) is 6.07 Å². The van der Waals surface area contributed by atoms with E-state index in [1.165, 1.54) is 6.20 Å². The van der Waals surface area contributed by atoms with Crippen molar-refractivity contribution in [1.82, 2.24) is 10.6 Å². The molecule has 0 fully saturated rings. The van der Waals surface area contributed by atoms with Crippen LogP contribution in [0.4, 0.5) is 16.2 Å². The van der Waals surface area contributed by atoms with Gasteiger partial charge >= 0.3 is 6.09 Å². The van der Waals surface area contributed by atoms with Crippen molar-refractivity contribution in [2.24, 2.45) is 10.9 Å². The van der Waals surface area contributed by atoms with Crippen LogP contribution in [0.1, 0.15) is 58.9 Å². The molecule has 0 saturated heterocycles. The van der Waals surface area contributed by atoms with Crippen molar-refractivity contribution in [3.05, 3.63) is 51.7 Å². The van der Waals surface area contributed by atoms with Crippen molar-refractivity contribution < 1.29 is 9.53 Å². The SMILES string of the molecule is CCCC1=C(C#N)C(c2cccc(N)c2N=O)C(=CNC(=O)OC(C)(C)C)C(C)(N)N1. The molecule has 0 aromatic heterocycles. The first-order valence-electron chi connectivity index (χ1n) is 10.1. The number of nitrogens with two attached hydrogens (primary N) is 2. The largest absolute Gasteiger partial charge is 0.444 e. The van der Waals surface area contributed by atoms with E-state index in [1.54, 1.807) is 45.9 Å². The highest BCUT2D eigenvalue weighted by Crippen LogP contribution is 2.46. The van der Waals surface area contributed by atoms with E-state index in [0.717, 1.165) is 6.42 Å². The number of carbonyl (C=O) groups is 1. The Kier molecular flexibility index (Phi) is 7.08. The standard InChI is InChI=1S/C22H30N6O3/c1-6-8-17-14(11-23)18(13-9-7-10-16(24)19(13)28-30)15(22(5,25)27-17)12-26-20(29)31-21(2,3)4/h7,9-10,12,18,27H,6,8,24-25H2,1-5H3,(H,26,29). The molecule has 2 rings (SSSR count). The predicted molar refractivity (Wildman–Crippen MR) is 120 cm³/mol. The van der Waals surface area contributed by atoms with Crippen LogP contribution in [-0.2, 0) is 4.74 Å². The number of alkyl carbamates (subject to hydrolysis) is 1. The Labute approximate surface area is 182 Å². The third-order valence-electron chi connectivity index (χ3n) is 4.80. The number of nitrogens with zero attached hydrogens (tertiary/aromatic N) is 2. The molecule has 6 N–H and O–H groups in total. The number of nitrogen functional groups attached to an aromatic ring is 1. The second kappa shape index (κ2) is 9.18. The molecule has 0 saturated carbocycles. The van der Waals surface area contributed by atoms with E-state index >= 15 is 0 Å². The van der Waals surface area contributed by atoms with Crippen LogP contribution in [0.3, 0.4) is 0 Å². The smallest absolute Gasteiger partial charge is 0.411 e. The highest BCUT2D eigenvalue weighted by molar-refractivity contribution is 5.72. The lowest BCUT2D eigenvalue weighted by molar-refractivity contribution is 0.0551. The first kappa shape index (κ1) is 23.9. The highest BCUT2D eigenvalue weighted by Gasteiger charge is 2.41. The van der Waals surface area contributed by atoms with Gasteiger partial charge < -0.3 is 21.5 Å². The van der Waals surface area contributed by atoms with Gasteiger partial charge in [-0.05, 0) is 56.5 Å². The Morgan fingerprint density at radius 1 is 1.45 bits per heavy atom. The zero-order valence-electron chi connectivity index (χ0n) is 18.6. The molecular weight excluding hydrogens is 396 g/mol. The molecule has 9 heteroatoms. The van der Waals surface area contributed by atoms with Crippen LogP contribution in [0, 0.1) is 16.2 Å². The van der Waals surface area contributed by atoms with Gasteiger partial charge in [-0.3, -0.25) is 5.32 Å². The molecule has 2 atom stereocenters. The minimum absolute atomic E-state index is 0.0389. The number of nitriles is 1. The van der Waals surface area contributed by atoms with Crippen LogP contribution in [0.15, 0.2) is 46.4 Å². The molecule has 0 bridgehead atoms. The van der Waals surface area contributed by atoms with Gasteiger partial charge in [0.25, 0.3) is 0 Å². The predicted octanol–water partition coefficient (Wildman–Crippen LogP) is 4.01. The number of allylic oxidation sites excluding steroid dienone is 2. The fourth-order valence-electron chi connectivity index (χ4n) is 3.58. The number of benzene rings is 1. The summed E-state index contributed by atoms with van der Waals surface area (Å²) < 4.78 is 5.29. The molecule has 1 aromatic rings. The lowest BCUT2D eigenvalue weighted by atomic mass is 9.75. The summed E-state index contributed by atoms with van der Waals surface area (Å²) in [6.45, 7) is 8.97. The van der Waals surface area contributed by atoms with Crippen LogP contribution in [-0.4, -0.2) is 17.4 Å². The molecule has 0 spiro atoms. The van der Waals surface area contributed by atoms with Gasteiger partial charge in [-0.25, -0.2) is 4.79 Å². The van der Waals surface area contributed by atoms with E-state index in [0.29, 0.717) is 28.8 Å². The molecule has 31 heavy (non-hydrogen) atoms. The summed E-state index contributed by atoms with van der Waals surface area (Å²) in [6.07, 6.45) is 2.12. The Hall–Kier alpha value is -3.38. The van der Waals surface area contributed by atoms with E-state index in [9.17, 15) is 15.0 Å². The van der Waals surface area contributed by atoms with E-state index in [1.807, 2.05) is 6.92 Å². The summed E-state index contributed by atoms with van der Waals surface area (Å²) in [6, 6.07) is 7.17. The van der Waals surface area contributed by atoms with Gasteiger partial charge in [-0.2, -0.15) is 5.26 Å². The van der Waals surface area contributed by atoms with Crippen LogP contribution < -0.4 is 22.1 Å². The number of amides is 1. The van der Waals surface area contributed by atoms with Crippen LogP contribution in [0.2, 0.25) is 0 Å². The minimum Gasteiger partial charge on any atom is -0.444 e. The third-order valence-corrected chi connectivity index (χ3v) is 4.80. The number of hydrogen-bond acceptors (Lipinski definition) is 8. The minimum atomic E-state index is -1.13. The monoisotopic (exact) mass is 426 g/mol. The molecule has 0 aliphatic carbocycles. The first-order valence-corrected chi connectivity index (χ1v) is 10.1. The molecule has 0 radical (unpaired) electrons. The third kappa shape index (κ3) is 5.41. The maximum atomic E-state index is 12.2. The Bertz CT molecular complexity index is 966. The van der Waals surface area contributed by atoms with E-state index < -0.39 is 23.3 Å². The summed E-state index contributed by atoms with van der Waals surface area (Å²) in [5.74, 6) is -0.728. The van der Waals surface area contributed by atoms with Crippen LogP contribution in [0.25, 0.3) is 0 Å². The zero-order valence-corrected chi connectivity index (χ0v) is 18.6. The van der Waals surface area contributed by atoms with Gasteiger partial charge in [0.15, 0.2) is 0 Å². The van der Waals surface area contributed by atoms with Gasteiger partial charge in [-0.15, -0.1) is 4.91 Å². The Morgan fingerprint density at radius 3 is 2.68 bits per heavy atom. The van der Waals surface area contributed by atoms with E-state index in [2.05, 4.69) is 21.9 Å². The quantitative estimate of drug-likeness (QED) is 0.409. The number of rotatable bonds is 5. The number of hydrogen-bond donors (Lipinski definition) is 4. The van der Waals surface area contributed by atoms with Gasteiger partial charge in [0.1, 0.15) is 17.0 Å². The summed E-state index contributed by atoms with van der Waals surface area (Å²) in [4.78, 5) is 23.8. The second-order valence-electron chi connectivity index (χ2n) is 8.64. The lowest BCUT2D eigenvalue weighted by Crippen LogP contribution is -2.56. The fourth-order valence-corrected chi connectivity index (χ4v) is 3.58. The Balaban J connectivity index is 2.70. The fraction of sp³-hybridized carbons (Fsp3) is 0.455. The van der Waals surface area contributed by atoms with Crippen molar-refractivity contribution in [2.45, 2.75) is 64.6 Å². The molecule has 2 unspecified atom stereocenters. The van der Waals surface area contributed by atoms with Crippen molar-refractivity contribution in [3.63, 3.8) is 0 Å². The maximum Gasteiger partial charge on any atom is 0.411 e. The average molecular weight is 427 g/mol. The molecule has 1 aliphatic rings. The summed E-state index contributed by atoms with van der Waals surface area (Å²) in [5, 5.41) is 18.9.